The number of benzene rings is 1. The Hall–Kier alpha value is -3.09. The van der Waals surface area contributed by atoms with Crippen LogP contribution in [-0.2, 0) is 12.7 Å². The molecule has 140 valence electrons. The number of halogens is 3. The van der Waals surface area contributed by atoms with Crippen LogP contribution in [0.3, 0.4) is 0 Å². The van der Waals surface area contributed by atoms with E-state index in [1.165, 1.54) is 19.4 Å². The summed E-state index contributed by atoms with van der Waals surface area (Å²) in [4.78, 5) is 7.87. The topological polar surface area (TPSA) is 47.0 Å². The van der Waals surface area contributed by atoms with Crippen molar-refractivity contribution in [2.75, 3.05) is 12.4 Å². The molecule has 2 heterocycles. The van der Waals surface area contributed by atoms with Crippen molar-refractivity contribution >= 4 is 5.69 Å². The number of alkyl halides is 3. The minimum atomic E-state index is -4.58. The van der Waals surface area contributed by atoms with E-state index in [1.807, 2.05) is 13.0 Å². The highest BCUT2D eigenvalue weighted by molar-refractivity contribution is 5.63. The fraction of sp³-hybridized carbons (Fsp3) is 0.200. The first-order valence-corrected chi connectivity index (χ1v) is 8.24. The van der Waals surface area contributed by atoms with Crippen LogP contribution in [0.25, 0.3) is 11.3 Å². The van der Waals surface area contributed by atoms with Crippen molar-refractivity contribution in [2.24, 2.45) is 0 Å². The Morgan fingerprint density at radius 3 is 2.59 bits per heavy atom. The molecule has 1 aromatic carbocycles. The van der Waals surface area contributed by atoms with Crippen LogP contribution in [-0.4, -0.2) is 17.1 Å². The molecule has 3 rings (SSSR count). The fourth-order valence-corrected chi connectivity index (χ4v) is 2.65. The molecule has 0 unspecified atom stereocenters. The highest BCUT2D eigenvalue weighted by atomic mass is 19.4. The molecule has 2 aromatic heterocycles. The van der Waals surface area contributed by atoms with Gasteiger partial charge in [-0.3, -0.25) is 4.98 Å². The van der Waals surface area contributed by atoms with Crippen LogP contribution in [0.2, 0.25) is 0 Å². The summed E-state index contributed by atoms with van der Waals surface area (Å²) in [5.74, 6) is 0.644. The van der Waals surface area contributed by atoms with E-state index < -0.39 is 11.9 Å². The predicted molar refractivity (Wildman–Crippen MR) is 97.5 cm³/mol. The van der Waals surface area contributed by atoms with E-state index in [4.69, 9.17) is 4.74 Å². The maximum absolute atomic E-state index is 13.5. The van der Waals surface area contributed by atoms with Crippen molar-refractivity contribution in [3.63, 3.8) is 0 Å². The summed E-state index contributed by atoms with van der Waals surface area (Å²) in [7, 11) is 1.54. The summed E-state index contributed by atoms with van der Waals surface area (Å²) in [6, 6.07) is 11.8. The highest BCUT2D eigenvalue weighted by Crippen LogP contribution is 2.35. The SMILES string of the molecule is COc1cccc(CNc2ccc(-c3cncc(C)c3)nc2C(F)(F)F)c1. The fourth-order valence-electron chi connectivity index (χ4n) is 2.65. The molecule has 0 amide bonds. The Morgan fingerprint density at radius 2 is 1.89 bits per heavy atom. The minimum absolute atomic E-state index is 0.0744. The molecule has 0 spiro atoms. The second-order valence-corrected chi connectivity index (χ2v) is 6.05. The molecule has 0 fully saturated rings. The molecule has 0 radical (unpaired) electrons. The van der Waals surface area contributed by atoms with E-state index in [2.05, 4.69) is 15.3 Å². The molecule has 1 N–H and O–H groups in total. The highest BCUT2D eigenvalue weighted by Gasteiger charge is 2.36. The van der Waals surface area contributed by atoms with Gasteiger partial charge in [-0.2, -0.15) is 13.2 Å². The van der Waals surface area contributed by atoms with Crippen molar-refractivity contribution in [3.8, 4) is 17.0 Å². The lowest BCUT2D eigenvalue weighted by Crippen LogP contribution is -2.13. The lowest BCUT2D eigenvalue weighted by atomic mass is 10.1. The molecule has 3 aromatic rings. The Kier molecular flexibility index (Phi) is 5.30. The van der Waals surface area contributed by atoms with E-state index in [1.54, 1.807) is 36.5 Å². The standard InChI is InChI=1S/C20H18F3N3O/c1-13-8-15(12-24-10-13)17-6-7-18(19(26-17)20(21,22)23)25-11-14-4-3-5-16(9-14)27-2/h3-10,12,25H,11H2,1-2H3. The van der Waals surface area contributed by atoms with Gasteiger partial charge in [0.15, 0.2) is 5.69 Å². The lowest BCUT2D eigenvalue weighted by Gasteiger charge is -2.15. The smallest absolute Gasteiger partial charge is 0.435 e. The number of nitrogens with zero attached hydrogens (tertiary/aromatic N) is 2. The average Bonchev–Trinajstić information content (AvgIpc) is 2.65. The first-order chi connectivity index (χ1) is 12.9. The number of nitrogens with one attached hydrogen (secondary N) is 1. The quantitative estimate of drug-likeness (QED) is 0.677. The molecular formula is C20H18F3N3O. The van der Waals surface area contributed by atoms with E-state index in [9.17, 15) is 13.2 Å². The molecular weight excluding hydrogens is 355 g/mol. The lowest BCUT2D eigenvalue weighted by molar-refractivity contribution is -0.140. The average molecular weight is 373 g/mol. The van der Waals surface area contributed by atoms with Gasteiger partial charge in [0, 0.05) is 24.5 Å². The summed E-state index contributed by atoms with van der Waals surface area (Å²) >= 11 is 0. The number of hydrogen-bond donors (Lipinski definition) is 1. The summed E-state index contributed by atoms with van der Waals surface area (Å²) in [5, 5.41) is 2.82. The third-order valence-electron chi connectivity index (χ3n) is 3.95. The monoisotopic (exact) mass is 373 g/mol. The first-order valence-electron chi connectivity index (χ1n) is 8.24. The van der Waals surface area contributed by atoms with Gasteiger partial charge in [0.2, 0.25) is 0 Å². The summed E-state index contributed by atoms with van der Waals surface area (Å²) in [5.41, 5.74) is 1.39. The summed E-state index contributed by atoms with van der Waals surface area (Å²) in [6.45, 7) is 2.04. The van der Waals surface area contributed by atoms with Gasteiger partial charge >= 0.3 is 6.18 Å². The number of hydrogen-bond acceptors (Lipinski definition) is 4. The second-order valence-electron chi connectivity index (χ2n) is 6.05. The molecule has 27 heavy (non-hydrogen) atoms. The Labute approximate surface area is 155 Å². The molecule has 0 aliphatic rings. The van der Waals surface area contributed by atoms with Crippen molar-refractivity contribution in [1.82, 2.24) is 9.97 Å². The third kappa shape index (κ3) is 4.55. The normalized spacial score (nSPS) is 11.3. The summed E-state index contributed by atoms with van der Waals surface area (Å²) < 4.78 is 45.7. The maximum Gasteiger partial charge on any atom is 0.435 e. The minimum Gasteiger partial charge on any atom is -0.497 e. The van der Waals surface area contributed by atoms with Gasteiger partial charge in [-0.05, 0) is 48.4 Å². The molecule has 4 nitrogen and oxygen atoms in total. The van der Waals surface area contributed by atoms with Crippen LogP contribution in [0.1, 0.15) is 16.8 Å². The van der Waals surface area contributed by atoms with Crippen LogP contribution < -0.4 is 10.1 Å². The maximum atomic E-state index is 13.5. The van der Waals surface area contributed by atoms with Gasteiger partial charge in [-0.1, -0.05) is 12.1 Å². The number of pyridine rings is 2. The largest absolute Gasteiger partial charge is 0.497 e. The van der Waals surface area contributed by atoms with Crippen molar-refractivity contribution in [1.29, 1.82) is 0 Å². The Morgan fingerprint density at radius 1 is 1.07 bits per heavy atom. The molecule has 0 bridgehead atoms. The van der Waals surface area contributed by atoms with Gasteiger partial charge in [0.1, 0.15) is 5.75 Å². The predicted octanol–water partition coefficient (Wildman–Crippen LogP) is 5.09. The molecule has 0 aliphatic heterocycles. The zero-order valence-electron chi connectivity index (χ0n) is 14.8. The molecule has 0 saturated carbocycles. The molecule has 0 saturated heterocycles. The number of rotatable bonds is 5. The van der Waals surface area contributed by atoms with Crippen molar-refractivity contribution in [2.45, 2.75) is 19.6 Å². The van der Waals surface area contributed by atoms with E-state index in [0.717, 1.165) is 11.1 Å². The Bertz CT molecular complexity index is 942. The van der Waals surface area contributed by atoms with Crippen LogP contribution >= 0.6 is 0 Å². The van der Waals surface area contributed by atoms with E-state index >= 15 is 0 Å². The first kappa shape index (κ1) is 18.7. The second kappa shape index (κ2) is 7.65. The van der Waals surface area contributed by atoms with Crippen LogP contribution in [0.15, 0.2) is 54.9 Å². The number of anilines is 1. The van der Waals surface area contributed by atoms with Crippen LogP contribution in [0.5, 0.6) is 5.75 Å². The van der Waals surface area contributed by atoms with E-state index in [-0.39, 0.29) is 17.9 Å². The van der Waals surface area contributed by atoms with Gasteiger partial charge < -0.3 is 10.1 Å². The number of methoxy groups -OCH3 is 1. The number of aryl methyl sites for hydroxylation is 1. The molecule has 0 atom stereocenters. The van der Waals surface area contributed by atoms with Crippen LogP contribution in [0, 0.1) is 6.92 Å². The number of ether oxygens (including phenoxy) is 1. The van der Waals surface area contributed by atoms with Crippen molar-refractivity contribution in [3.05, 3.63) is 71.7 Å². The molecule has 0 aliphatic carbocycles. The summed E-state index contributed by atoms with van der Waals surface area (Å²) in [6.07, 6.45) is -1.44. The molecule has 7 heteroatoms. The van der Waals surface area contributed by atoms with Gasteiger partial charge in [0.25, 0.3) is 0 Å². The van der Waals surface area contributed by atoms with Gasteiger partial charge in [-0.25, -0.2) is 4.98 Å². The third-order valence-corrected chi connectivity index (χ3v) is 3.95. The van der Waals surface area contributed by atoms with Gasteiger partial charge in [-0.15, -0.1) is 0 Å². The van der Waals surface area contributed by atoms with Gasteiger partial charge in [0.05, 0.1) is 18.5 Å². The zero-order chi connectivity index (χ0) is 19.4. The zero-order valence-corrected chi connectivity index (χ0v) is 14.8. The Balaban J connectivity index is 1.90. The van der Waals surface area contributed by atoms with E-state index in [0.29, 0.717) is 11.3 Å². The van der Waals surface area contributed by atoms with Crippen molar-refractivity contribution < 1.29 is 17.9 Å². The van der Waals surface area contributed by atoms with Crippen LogP contribution in [0.4, 0.5) is 18.9 Å². The number of aromatic nitrogens is 2.